The fraction of sp³-hybridized carbons (Fsp3) is 0.300. The number of aryl methyl sites for hydroxylation is 2. The van der Waals surface area contributed by atoms with Crippen molar-refractivity contribution in [2.24, 2.45) is 0 Å². The summed E-state index contributed by atoms with van der Waals surface area (Å²) >= 11 is 0. The second-order valence-corrected chi connectivity index (χ2v) is 9.71. The molecule has 1 saturated heterocycles. The SMILES string of the molecule is CCc1ccccc1N1CC(c2nc3ccccc3n2CC(=O)N2CCCc3ccccc32)CC1=O. The largest absolute Gasteiger partial charge is 0.318 e. The van der Waals surface area contributed by atoms with Gasteiger partial charge in [0.25, 0.3) is 0 Å². The Morgan fingerprint density at radius 1 is 0.972 bits per heavy atom. The number of fused-ring (bicyclic) bond motifs is 2. The number of imidazole rings is 1. The minimum absolute atomic E-state index is 0.0593. The van der Waals surface area contributed by atoms with E-state index < -0.39 is 0 Å². The molecule has 0 N–H and O–H groups in total. The fourth-order valence-electron chi connectivity index (χ4n) is 5.77. The van der Waals surface area contributed by atoms with Crippen LogP contribution in [-0.2, 0) is 29.0 Å². The Balaban J connectivity index is 1.34. The molecule has 0 spiro atoms. The van der Waals surface area contributed by atoms with Crippen LogP contribution < -0.4 is 9.80 Å². The number of hydrogen-bond acceptors (Lipinski definition) is 3. The summed E-state index contributed by atoms with van der Waals surface area (Å²) in [6, 6.07) is 24.2. The van der Waals surface area contributed by atoms with Crippen LogP contribution in [0.25, 0.3) is 11.0 Å². The summed E-state index contributed by atoms with van der Waals surface area (Å²) in [6.07, 6.45) is 3.22. The number of aromatic nitrogens is 2. The maximum absolute atomic E-state index is 13.7. The maximum Gasteiger partial charge on any atom is 0.246 e. The average Bonchev–Trinajstić information content (AvgIpc) is 3.48. The van der Waals surface area contributed by atoms with Gasteiger partial charge in [-0.05, 0) is 54.7 Å². The normalized spacial score (nSPS) is 17.6. The molecule has 6 rings (SSSR count). The summed E-state index contributed by atoms with van der Waals surface area (Å²) in [5.41, 5.74) is 6.18. The van der Waals surface area contributed by atoms with Gasteiger partial charge in [0.2, 0.25) is 11.8 Å². The number of para-hydroxylation sites is 4. The number of benzene rings is 3. The first-order valence-corrected chi connectivity index (χ1v) is 12.9. The molecule has 0 aliphatic carbocycles. The van der Waals surface area contributed by atoms with Gasteiger partial charge >= 0.3 is 0 Å². The van der Waals surface area contributed by atoms with Crippen molar-refractivity contribution in [3.8, 4) is 0 Å². The van der Waals surface area contributed by atoms with E-state index in [4.69, 9.17) is 4.98 Å². The van der Waals surface area contributed by atoms with E-state index in [0.717, 1.165) is 54.0 Å². The van der Waals surface area contributed by atoms with E-state index in [1.165, 1.54) is 11.1 Å². The van der Waals surface area contributed by atoms with Crippen molar-refractivity contribution in [1.82, 2.24) is 9.55 Å². The van der Waals surface area contributed by atoms with Crippen molar-refractivity contribution in [2.75, 3.05) is 22.9 Å². The van der Waals surface area contributed by atoms with Crippen molar-refractivity contribution < 1.29 is 9.59 Å². The molecule has 6 nitrogen and oxygen atoms in total. The summed E-state index contributed by atoms with van der Waals surface area (Å²) in [6.45, 7) is 3.61. The van der Waals surface area contributed by atoms with Crippen molar-refractivity contribution >= 4 is 34.2 Å². The lowest BCUT2D eigenvalue weighted by molar-refractivity contribution is -0.119. The van der Waals surface area contributed by atoms with Crippen LogP contribution in [0, 0.1) is 0 Å². The highest BCUT2D eigenvalue weighted by Gasteiger charge is 2.36. The van der Waals surface area contributed by atoms with Gasteiger partial charge in [-0.2, -0.15) is 0 Å². The Hall–Kier alpha value is -3.93. The van der Waals surface area contributed by atoms with Crippen molar-refractivity contribution in [1.29, 1.82) is 0 Å². The standard InChI is InChI=1S/C30H30N4O2/c1-2-21-10-3-6-14-25(21)33-19-23(18-28(33)35)30-31-24-13-5-8-16-27(24)34(30)20-29(36)32-17-9-12-22-11-4-7-15-26(22)32/h3-8,10-11,13-16,23H,2,9,12,17-20H2,1H3. The molecule has 2 aliphatic rings. The highest BCUT2D eigenvalue weighted by Crippen LogP contribution is 2.35. The minimum atomic E-state index is -0.0729. The lowest BCUT2D eigenvalue weighted by atomic mass is 10.0. The number of hydrogen-bond donors (Lipinski definition) is 0. The van der Waals surface area contributed by atoms with E-state index in [0.29, 0.717) is 13.0 Å². The van der Waals surface area contributed by atoms with Crippen LogP contribution in [0.4, 0.5) is 11.4 Å². The first kappa shape index (κ1) is 22.5. The molecular weight excluding hydrogens is 448 g/mol. The monoisotopic (exact) mass is 478 g/mol. The molecule has 6 heteroatoms. The predicted molar refractivity (Wildman–Crippen MR) is 142 cm³/mol. The van der Waals surface area contributed by atoms with Gasteiger partial charge in [-0.25, -0.2) is 4.98 Å². The van der Waals surface area contributed by atoms with E-state index >= 15 is 0 Å². The number of carbonyl (C=O) groups excluding carboxylic acids is 2. The Morgan fingerprint density at radius 2 is 1.72 bits per heavy atom. The molecule has 2 aliphatic heterocycles. The molecule has 3 aromatic carbocycles. The van der Waals surface area contributed by atoms with Crippen LogP contribution in [0.3, 0.4) is 0 Å². The summed E-state index contributed by atoms with van der Waals surface area (Å²) in [5.74, 6) is 0.913. The Kier molecular flexibility index (Phi) is 5.80. The molecule has 0 radical (unpaired) electrons. The van der Waals surface area contributed by atoms with Gasteiger partial charge in [0.05, 0.1) is 11.0 Å². The van der Waals surface area contributed by atoms with Gasteiger partial charge in [-0.15, -0.1) is 0 Å². The van der Waals surface area contributed by atoms with Crippen LogP contribution in [0.5, 0.6) is 0 Å². The minimum Gasteiger partial charge on any atom is -0.318 e. The number of anilines is 2. The zero-order valence-electron chi connectivity index (χ0n) is 20.6. The smallest absolute Gasteiger partial charge is 0.246 e. The quantitative estimate of drug-likeness (QED) is 0.401. The summed E-state index contributed by atoms with van der Waals surface area (Å²) in [7, 11) is 0. The molecule has 4 aromatic rings. The van der Waals surface area contributed by atoms with Crippen LogP contribution in [0.15, 0.2) is 72.8 Å². The molecule has 1 fully saturated rings. The highest BCUT2D eigenvalue weighted by atomic mass is 16.2. The van der Waals surface area contributed by atoms with Crippen molar-refractivity contribution in [2.45, 2.75) is 45.1 Å². The van der Waals surface area contributed by atoms with E-state index in [1.54, 1.807) is 0 Å². The number of carbonyl (C=O) groups is 2. The predicted octanol–water partition coefficient (Wildman–Crippen LogP) is 5.10. The molecule has 182 valence electrons. The third-order valence-corrected chi connectivity index (χ3v) is 7.54. The lowest BCUT2D eigenvalue weighted by Gasteiger charge is -2.30. The first-order chi connectivity index (χ1) is 17.6. The highest BCUT2D eigenvalue weighted by molar-refractivity contribution is 5.98. The topological polar surface area (TPSA) is 58.4 Å². The first-order valence-electron chi connectivity index (χ1n) is 12.9. The molecular formula is C30H30N4O2. The van der Waals surface area contributed by atoms with Crippen LogP contribution in [-0.4, -0.2) is 34.5 Å². The van der Waals surface area contributed by atoms with Gasteiger partial charge < -0.3 is 14.4 Å². The van der Waals surface area contributed by atoms with Gasteiger partial charge in [0.1, 0.15) is 12.4 Å². The van der Waals surface area contributed by atoms with Crippen LogP contribution in [0.1, 0.15) is 42.6 Å². The third kappa shape index (κ3) is 3.87. The molecule has 36 heavy (non-hydrogen) atoms. The van der Waals surface area contributed by atoms with E-state index in [1.807, 2.05) is 75.0 Å². The van der Waals surface area contributed by atoms with Gasteiger partial charge in [-0.1, -0.05) is 55.5 Å². The zero-order chi connectivity index (χ0) is 24.6. The maximum atomic E-state index is 13.7. The second-order valence-electron chi connectivity index (χ2n) is 9.71. The Bertz CT molecular complexity index is 1460. The fourth-order valence-corrected chi connectivity index (χ4v) is 5.77. The summed E-state index contributed by atoms with van der Waals surface area (Å²) in [4.78, 5) is 35.6. The van der Waals surface area contributed by atoms with E-state index in [9.17, 15) is 9.59 Å². The number of amides is 2. The summed E-state index contributed by atoms with van der Waals surface area (Å²) < 4.78 is 2.04. The van der Waals surface area contributed by atoms with Crippen LogP contribution >= 0.6 is 0 Å². The Morgan fingerprint density at radius 3 is 2.58 bits per heavy atom. The molecule has 1 atom stereocenters. The number of rotatable bonds is 5. The molecule has 0 saturated carbocycles. The van der Waals surface area contributed by atoms with E-state index in [-0.39, 0.29) is 24.3 Å². The van der Waals surface area contributed by atoms with E-state index in [2.05, 4.69) is 19.1 Å². The molecule has 3 heterocycles. The summed E-state index contributed by atoms with van der Waals surface area (Å²) in [5, 5.41) is 0. The van der Waals surface area contributed by atoms with Gasteiger partial charge in [0.15, 0.2) is 0 Å². The van der Waals surface area contributed by atoms with Gasteiger partial charge in [-0.3, -0.25) is 9.59 Å². The second kappa shape index (κ2) is 9.26. The average molecular weight is 479 g/mol. The molecule has 2 amide bonds. The molecule has 0 bridgehead atoms. The molecule has 1 aromatic heterocycles. The zero-order valence-corrected chi connectivity index (χ0v) is 20.6. The van der Waals surface area contributed by atoms with Gasteiger partial charge in [0, 0.05) is 36.8 Å². The van der Waals surface area contributed by atoms with Crippen molar-refractivity contribution in [3.05, 3.63) is 89.7 Å². The number of nitrogens with zero attached hydrogens (tertiary/aromatic N) is 4. The Labute approximate surface area is 211 Å². The molecule has 1 unspecified atom stereocenters. The third-order valence-electron chi connectivity index (χ3n) is 7.54. The van der Waals surface area contributed by atoms with Crippen LogP contribution in [0.2, 0.25) is 0 Å². The lowest BCUT2D eigenvalue weighted by Crippen LogP contribution is -2.38. The van der Waals surface area contributed by atoms with Crippen molar-refractivity contribution in [3.63, 3.8) is 0 Å².